The van der Waals surface area contributed by atoms with Crippen LogP contribution in [-0.4, -0.2) is 26.6 Å². The molecule has 0 spiro atoms. The van der Waals surface area contributed by atoms with Gasteiger partial charge >= 0.3 is 6.18 Å². The number of nitrogens with zero attached hydrogens (tertiary/aromatic N) is 4. The summed E-state index contributed by atoms with van der Waals surface area (Å²) in [5, 5.41) is 2.84. The van der Waals surface area contributed by atoms with Crippen molar-refractivity contribution in [2.24, 2.45) is 0 Å². The van der Waals surface area contributed by atoms with Crippen molar-refractivity contribution < 1.29 is 17.9 Å². The van der Waals surface area contributed by atoms with E-state index in [2.05, 4.69) is 20.3 Å². The van der Waals surface area contributed by atoms with Crippen LogP contribution in [0.5, 0.6) is 5.75 Å². The highest BCUT2D eigenvalue weighted by Crippen LogP contribution is 2.32. The Labute approximate surface area is 160 Å². The summed E-state index contributed by atoms with van der Waals surface area (Å²) in [6, 6.07) is 6.13. The van der Waals surface area contributed by atoms with E-state index >= 15 is 0 Å². The molecule has 28 heavy (non-hydrogen) atoms. The smallest absolute Gasteiger partial charge is 0.433 e. The van der Waals surface area contributed by atoms with Gasteiger partial charge in [0, 0.05) is 23.6 Å². The highest BCUT2D eigenvalue weighted by molar-refractivity contribution is 5.62. The molecule has 2 heterocycles. The van der Waals surface area contributed by atoms with Crippen molar-refractivity contribution in [1.82, 2.24) is 19.5 Å². The second kappa shape index (κ2) is 7.49. The topological polar surface area (TPSA) is 64.9 Å². The first-order valence-electron chi connectivity index (χ1n) is 8.59. The summed E-state index contributed by atoms with van der Waals surface area (Å²) in [5.74, 6) is 0.233. The van der Waals surface area contributed by atoms with Crippen LogP contribution >= 0.6 is 0 Å². The SMILES string of the molecule is COc1cc(Nc2nc(C(C)C)cc(C(F)(F)F)n2)ccc1-n1cnc(C)c1. The number of benzene rings is 1. The first-order chi connectivity index (χ1) is 13.2. The normalized spacial score (nSPS) is 11.7. The van der Waals surface area contributed by atoms with E-state index in [1.54, 1.807) is 42.9 Å². The largest absolute Gasteiger partial charge is 0.494 e. The predicted molar refractivity (Wildman–Crippen MR) is 99.3 cm³/mol. The van der Waals surface area contributed by atoms with Crippen LogP contribution < -0.4 is 10.1 Å². The maximum atomic E-state index is 13.2. The second-order valence-electron chi connectivity index (χ2n) is 6.59. The number of hydrogen-bond donors (Lipinski definition) is 1. The minimum Gasteiger partial charge on any atom is -0.494 e. The average molecular weight is 391 g/mol. The lowest BCUT2D eigenvalue weighted by Gasteiger charge is -2.15. The van der Waals surface area contributed by atoms with Crippen LogP contribution in [0.25, 0.3) is 5.69 Å². The minimum absolute atomic E-state index is 0.119. The Balaban J connectivity index is 1.96. The first kappa shape index (κ1) is 19.7. The summed E-state index contributed by atoms with van der Waals surface area (Å²) in [4.78, 5) is 12.0. The molecular weight excluding hydrogens is 371 g/mol. The van der Waals surface area contributed by atoms with E-state index in [-0.39, 0.29) is 11.9 Å². The Morgan fingerprint density at radius 1 is 1.14 bits per heavy atom. The van der Waals surface area contributed by atoms with Crippen molar-refractivity contribution in [2.75, 3.05) is 12.4 Å². The van der Waals surface area contributed by atoms with Crippen LogP contribution in [-0.2, 0) is 6.18 Å². The molecule has 0 aliphatic rings. The minimum atomic E-state index is -4.55. The van der Waals surface area contributed by atoms with Crippen molar-refractivity contribution in [1.29, 1.82) is 0 Å². The molecule has 0 aliphatic heterocycles. The standard InChI is InChI=1S/C19H20F3N5O/c1-11(2)14-8-17(19(20,21)22)26-18(25-14)24-13-5-6-15(16(7-13)28-4)27-9-12(3)23-10-27/h5-11H,1-4H3,(H,24,25,26). The second-order valence-corrected chi connectivity index (χ2v) is 6.59. The Hall–Kier alpha value is -3.10. The molecule has 0 atom stereocenters. The third-order valence-electron chi connectivity index (χ3n) is 4.05. The van der Waals surface area contributed by atoms with Gasteiger partial charge < -0.3 is 14.6 Å². The van der Waals surface area contributed by atoms with E-state index in [0.29, 0.717) is 17.1 Å². The Morgan fingerprint density at radius 3 is 2.46 bits per heavy atom. The van der Waals surface area contributed by atoms with Gasteiger partial charge in [0.25, 0.3) is 0 Å². The predicted octanol–water partition coefficient (Wildman–Crippen LogP) is 4.87. The Morgan fingerprint density at radius 2 is 1.89 bits per heavy atom. The molecule has 0 saturated carbocycles. The zero-order valence-corrected chi connectivity index (χ0v) is 15.9. The molecular formula is C19H20F3N5O. The van der Waals surface area contributed by atoms with Crippen molar-refractivity contribution in [3.05, 3.63) is 53.9 Å². The van der Waals surface area contributed by atoms with Crippen molar-refractivity contribution in [2.45, 2.75) is 32.9 Å². The first-order valence-corrected chi connectivity index (χ1v) is 8.59. The third kappa shape index (κ3) is 4.24. The molecule has 0 unspecified atom stereocenters. The van der Waals surface area contributed by atoms with Crippen LogP contribution in [0.15, 0.2) is 36.8 Å². The van der Waals surface area contributed by atoms with Crippen molar-refractivity contribution >= 4 is 11.6 Å². The molecule has 1 N–H and O–H groups in total. The van der Waals surface area contributed by atoms with Crippen molar-refractivity contribution in [3.63, 3.8) is 0 Å². The highest BCUT2D eigenvalue weighted by Gasteiger charge is 2.34. The van der Waals surface area contributed by atoms with E-state index in [1.807, 2.05) is 13.1 Å². The number of anilines is 2. The number of ether oxygens (including phenoxy) is 1. The summed E-state index contributed by atoms with van der Waals surface area (Å²) in [7, 11) is 1.52. The van der Waals surface area contributed by atoms with E-state index in [0.717, 1.165) is 17.4 Å². The quantitative estimate of drug-likeness (QED) is 0.673. The molecule has 6 nitrogen and oxygen atoms in total. The lowest BCUT2D eigenvalue weighted by Crippen LogP contribution is -2.13. The van der Waals surface area contributed by atoms with Gasteiger partial charge in [0.15, 0.2) is 0 Å². The summed E-state index contributed by atoms with van der Waals surface area (Å²) < 4.78 is 46.7. The van der Waals surface area contributed by atoms with E-state index in [9.17, 15) is 13.2 Å². The Bertz CT molecular complexity index is 982. The number of methoxy groups -OCH3 is 1. The summed E-state index contributed by atoms with van der Waals surface area (Å²) in [6.07, 6.45) is -1.05. The molecule has 2 aromatic heterocycles. The van der Waals surface area contributed by atoms with Gasteiger partial charge in [-0.2, -0.15) is 13.2 Å². The van der Waals surface area contributed by atoms with Crippen LogP contribution in [0.2, 0.25) is 0 Å². The number of alkyl halides is 3. The number of imidazole rings is 1. The molecule has 0 fully saturated rings. The summed E-state index contributed by atoms with van der Waals surface area (Å²) in [5.41, 5.74) is 1.43. The molecule has 0 bridgehead atoms. The van der Waals surface area contributed by atoms with Crippen LogP contribution in [0.1, 0.15) is 36.8 Å². The maximum absolute atomic E-state index is 13.2. The zero-order valence-electron chi connectivity index (χ0n) is 15.9. The van der Waals surface area contributed by atoms with E-state index in [4.69, 9.17) is 4.74 Å². The molecule has 0 saturated heterocycles. The highest BCUT2D eigenvalue weighted by atomic mass is 19.4. The molecule has 3 rings (SSSR count). The fourth-order valence-corrected chi connectivity index (χ4v) is 2.61. The number of aryl methyl sites for hydroxylation is 1. The number of nitrogens with one attached hydrogen (secondary N) is 1. The van der Waals surface area contributed by atoms with Gasteiger partial charge in [-0.15, -0.1) is 0 Å². The molecule has 0 amide bonds. The van der Waals surface area contributed by atoms with Gasteiger partial charge in [0.1, 0.15) is 11.4 Å². The van der Waals surface area contributed by atoms with Crippen molar-refractivity contribution in [3.8, 4) is 11.4 Å². The zero-order chi connectivity index (χ0) is 20.5. The van der Waals surface area contributed by atoms with Gasteiger partial charge in [0.05, 0.1) is 24.8 Å². The van der Waals surface area contributed by atoms with E-state index < -0.39 is 11.9 Å². The fourth-order valence-electron chi connectivity index (χ4n) is 2.61. The lowest BCUT2D eigenvalue weighted by atomic mass is 10.1. The number of rotatable bonds is 5. The van der Waals surface area contributed by atoms with Gasteiger partial charge in [-0.25, -0.2) is 15.0 Å². The van der Waals surface area contributed by atoms with Crippen LogP contribution in [0.4, 0.5) is 24.8 Å². The Kier molecular flexibility index (Phi) is 5.26. The van der Waals surface area contributed by atoms with Gasteiger partial charge in [-0.05, 0) is 31.0 Å². The molecule has 0 radical (unpaired) electrons. The number of halogens is 3. The summed E-state index contributed by atoms with van der Waals surface area (Å²) in [6.45, 7) is 5.42. The number of hydrogen-bond acceptors (Lipinski definition) is 5. The maximum Gasteiger partial charge on any atom is 0.433 e. The summed E-state index contributed by atoms with van der Waals surface area (Å²) >= 11 is 0. The lowest BCUT2D eigenvalue weighted by molar-refractivity contribution is -0.141. The fraction of sp³-hybridized carbons (Fsp3) is 0.316. The van der Waals surface area contributed by atoms with Gasteiger partial charge in [-0.1, -0.05) is 13.8 Å². The monoisotopic (exact) mass is 391 g/mol. The van der Waals surface area contributed by atoms with Crippen LogP contribution in [0.3, 0.4) is 0 Å². The molecule has 148 valence electrons. The molecule has 9 heteroatoms. The van der Waals surface area contributed by atoms with E-state index in [1.165, 1.54) is 7.11 Å². The molecule has 0 aliphatic carbocycles. The average Bonchev–Trinajstić information content (AvgIpc) is 3.06. The molecule has 3 aromatic rings. The third-order valence-corrected chi connectivity index (χ3v) is 4.05. The van der Waals surface area contributed by atoms with Gasteiger partial charge in [0.2, 0.25) is 5.95 Å². The molecule has 1 aromatic carbocycles. The number of aromatic nitrogens is 4. The van der Waals surface area contributed by atoms with Crippen LogP contribution in [0, 0.1) is 6.92 Å². The van der Waals surface area contributed by atoms with Gasteiger partial charge in [-0.3, -0.25) is 0 Å².